The molecule has 0 amide bonds. The van der Waals surface area contributed by atoms with Crippen LogP contribution in [-0.2, 0) is 100 Å². The van der Waals surface area contributed by atoms with Crippen LogP contribution in [0.3, 0.4) is 0 Å². The minimum atomic E-state index is -0.125. The smallest absolute Gasteiger partial charge is 0.163 e. The van der Waals surface area contributed by atoms with Crippen molar-refractivity contribution in [1.82, 2.24) is 34.9 Å². The second-order valence-electron chi connectivity index (χ2n) is 27.4. The van der Waals surface area contributed by atoms with Gasteiger partial charge in [-0.25, -0.2) is 15.0 Å². The minimum Gasteiger partial charge on any atom is -0.512 e. The number of carbonyl (C=O) groups is 3. The molecule has 1 aliphatic carbocycles. The summed E-state index contributed by atoms with van der Waals surface area (Å²) < 4.78 is 0. The molecular formula is C103H103Ir4N7O6-4. The zero-order valence-electron chi connectivity index (χ0n) is 66.2. The van der Waals surface area contributed by atoms with Gasteiger partial charge in [0.25, 0.3) is 0 Å². The van der Waals surface area contributed by atoms with Crippen molar-refractivity contribution in [3.63, 3.8) is 0 Å². The summed E-state index contributed by atoms with van der Waals surface area (Å²) in [6.45, 7) is 21.5. The molecule has 0 atom stereocenters. The summed E-state index contributed by atoms with van der Waals surface area (Å²) in [5.41, 5.74) is 22.0. The summed E-state index contributed by atoms with van der Waals surface area (Å²) in [6.07, 6.45) is 8.91. The van der Waals surface area contributed by atoms with E-state index < -0.39 is 0 Å². The van der Waals surface area contributed by atoms with Gasteiger partial charge in [0, 0.05) is 140 Å². The standard InChI is InChI=1S/C28H21N4.C24H18N.2C16H12N.3C5H8O2.4CH4.4Ir/c1-19-6-10-22(11-7-19)26-30-27(23-12-8-20(2)9-13-23)32-28(31-26)24-16-14-21(15-17-24)25-5-3-4-18-29-25;1-24(2)20-9-5-4-8-18(20)19-13-11-17(15-21(19)24)23-14-12-16-7-3-6-10-22(16)25-23;1-12-10-14(16-8-4-5-9-17-16)11-13-6-2-3-7-15(12)13;1-12-10-13-6-2-3-7-14(13)11-15(12)16-8-4-5-9-17-16;3*1-4(6)3-5(2)7;;;;;;;;/h3-14,16-18H,1-2H3;3-10,12-15H,1-2H3;2*2-10H,1H3;3*3,6H,1-2H3;4*1H4;;;;/q4*-1;;;;;;;;;;;. The molecule has 0 fully saturated rings. The fraction of sp³-hybridized carbons (Fsp3) is 0.165. The monoisotopic (exact) mass is 2310 g/mol. The minimum absolute atomic E-state index is 0. The van der Waals surface area contributed by atoms with Crippen LogP contribution in [0.15, 0.2) is 309 Å². The Labute approximate surface area is 763 Å². The molecule has 4 radical (unpaired) electrons. The Morgan fingerprint density at radius 1 is 0.358 bits per heavy atom. The number of aryl methyl sites for hydroxylation is 4. The van der Waals surface area contributed by atoms with Crippen LogP contribution >= 0.6 is 0 Å². The molecular weight excluding hydrogens is 2200 g/mol. The maximum atomic E-state index is 10.0. The second kappa shape index (κ2) is 50.7. The first-order valence-corrected chi connectivity index (χ1v) is 36.5. The van der Waals surface area contributed by atoms with Crippen LogP contribution in [0.1, 0.15) is 118 Å². The van der Waals surface area contributed by atoms with Crippen molar-refractivity contribution in [3.05, 3.63) is 367 Å². The molecule has 0 spiro atoms. The topological polar surface area (TPSA) is 202 Å². The molecule has 0 aliphatic heterocycles. The van der Waals surface area contributed by atoms with Gasteiger partial charge < -0.3 is 20.3 Å². The number of aliphatic hydroxyl groups is 3. The van der Waals surface area contributed by atoms with E-state index in [0.29, 0.717) is 17.5 Å². The van der Waals surface area contributed by atoms with Crippen molar-refractivity contribution in [2.75, 3.05) is 0 Å². The number of para-hydroxylation sites is 1. The van der Waals surface area contributed by atoms with E-state index in [1.165, 1.54) is 120 Å². The van der Waals surface area contributed by atoms with Gasteiger partial charge in [-0.2, -0.15) is 0 Å². The van der Waals surface area contributed by atoms with Gasteiger partial charge in [0.05, 0.1) is 22.8 Å². The maximum Gasteiger partial charge on any atom is 0.163 e. The predicted molar refractivity (Wildman–Crippen MR) is 481 cm³/mol. The van der Waals surface area contributed by atoms with Gasteiger partial charge in [-0.05, 0) is 107 Å². The average Bonchev–Trinajstić information content (AvgIpc) is 1.58. The molecule has 0 saturated carbocycles. The van der Waals surface area contributed by atoms with E-state index in [0.717, 1.165) is 78.0 Å². The number of hydrogen-bond donors (Lipinski definition) is 3. The van der Waals surface area contributed by atoms with Crippen molar-refractivity contribution >= 4 is 49.8 Å². The third kappa shape index (κ3) is 29.7. The number of fused-ring (bicyclic) bond motifs is 6. The zero-order chi connectivity index (χ0) is 79.8. The van der Waals surface area contributed by atoms with Gasteiger partial charge in [0.1, 0.15) is 5.82 Å². The average molecular weight is 2300 g/mol. The zero-order valence-corrected chi connectivity index (χ0v) is 75.8. The summed E-state index contributed by atoms with van der Waals surface area (Å²) in [7, 11) is 0. The third-order valence-electron chi connectivity index (χ3n) is 17.7. The van der Waals surface area contributed by atoms with Gasteiger partial charge >= 0.3 is 0 Å². The van der Waals surface area contributed by atoms with Gasteiger partial charge in [-0.15, -0.1) is 117 Å². The van der Waals surface area contributed by atoms with Crippen molar-refractivity contribution in [2.45, 2.75) is 118 Å². The molecule has 626 valence electrons. The van der Waals surface area contributed by atoms with E-state index in [9.17, 15) is 14.4 Å². The first kappa shape index (κ1) is 105. The quantitative estimate of drug-likeness (QED) is 0.0664. The normalized spacial score (nSPS) is 10.9. The number of hydrogen-bond acceptors (Lipinski definition) is 13. The molecule has 3 N–H and O–H groups in total. The fourth-order valence-corrected chi connectivity index (χ4v) is 12.4. The van der Waals surface area contributed by atoms with Crippen molar-refractivity contribution in [3.8, 4) is 90.3 Å². The molecule has 15 aromatic rings. The van der Waals surface area contributed by atoms with E-state index >= 15 is 0 Å². The molecule has 1 aliphatic rings. The molecule has 16 rings (SSSR count). The number of rotatable bonds is 10. The van der Waals surface area contributed by atoms with E-state index in [2.05, 4.69) is 214 Å². The van der Waals surface area contributed by atoms with Gasteiger partial charge in [-0.1, -0.05) is 283 Å². The van der Waals surface area contributed by atoms with Crippen LogP contribution in [-0.4, -0.2) is 67.6 Å². The summed E-state index contributed by atoms with van der Waals surface area (Å²) in [5, 5.41) is 31.0. The van der Waals surface area contributed by atoms with Gasteiger partial charge in [-0.3, -0.25) is 29.3 Å². The molecule has 120 heavy (non-hydrogen) atoms. The molecule has 0 bridgehead atoms. The van der Waals surface area contributed by atoms with E-state index in [4.69, 9.17) is 35.3 Å². The predicted octanol–water partition coefficient (Wildman–Crippen LogP) is 26.0. The number of benzene rings is 10. The maximum absolute atomic E-state index is 10.0. The Morgan fingerprint density at radius 3 is 1.29 bits per heavy atom. The van der Waals surface area contributed by atoms with Crippen LogP contribution in [0, 0.1) is 52.0 Å². The molecule has 5 heterocycles. The molecule has 13 nitrogen and oxygen atoms in total. The van der Waals surface area contributed by atoms with E-state index in [-0.39, 0.29) is 150 Å². The Bertz CT molecular complexity index is 5750. The van der Waals surface area contributed by atoms with E-state index in [1.807, 2.05) is 134 Å². The number of nitrogens with zero attached hydrogens (tertiary/aromatic N) is 7. The number of carbonyl (C=O) groups excluding carboxylic acids is 3. The molecule has 0 saturated heterocycles. The number of ketones is 3. The van der Waals surface area contributed by atoms with E-state index in [1.54, 1.807) is 6.20 Å². The number of pyridine rings is 4. The molecule has 17 heteroatoms. The summed E-state index contributed by atoms with van der Waals surface area (Å²) >= 11 is 0. The fourth-order valence-electron chi connectivity index (χ4n) is 12.4. The Hall–Kier alpha value is -11.2. The number of allylic oxidation sites excluding steroid dienone is 6. The summed E-state index contributed by atoms with van der Waals surface area (Å²) in [5.74, 6) is 1.74. The molecule has 0 unspecified atom stereocenters. The second-order valence-corrected chi connectivity index (χ2v) is 27.4. The largest absolute Gasteiger partial charge is 0.512 e. The van der Waals surface area contributed by atoms with Crippen LogP contribution in [0.4, 0.5) is 0 Å². The van der Waals surface area contributed by atoms with Gasteiger partial charge in [0.2, 0.25) is 0 Å². The van der Waals surface area contributed by atoms with Crippen LogP contribution in [0.2, 0.25) is 0 Å². The molecule has 10 aromatic carbocycles. The van der Waals surface area contributed by atoms with Crippen LogP contribution < -0.4 is 0 Å². The first-order chi connectivity index (χ1) is 53.9. The van der Waals surface area contributed by atoms with Crippen molar-refractivity contribution in [2.24, 2.45) is 0 Å². The summed E-state index contributed by atoms with van der Waals surface area (Å²) in [4.78, 5) is 62.4. The Balaban J connectivity index is 0.000000501. The third-order valence-corrected chi connectivity index (χ3v) is 17.7. The molecule has 5 aromatic heterocycles. The number of aromatic nitrogens is 7. The SMILES string of the molecule is C.C.C.C.CC(=O)C=C(C)O.CC(=O)C=C(C)O.CC(=O)C=C(C)O.CC1(C)c2ccccc2-c2c[c-]c(-c3ccc4ccccc4n3)cc21.Cc1cc(-c2ccccn2)[c-]c2ccccc12.Cc1cc2ccccc2[c-]c1-c1ccccn1.Cc1ccc(-c2nc(-c3c[c-]c(-c4ccccn4)cc3)nc(-c3ccc(C)cc3)n2)cc1.[Ir].[Ir].[Ir].[Ir]. The number of aliphatic hydroxyl groups excluding tert-OH is 3. The van der Waals surface area contributed by atoms with Crippen LogP contribution in [0.25, 0.3) is 123 Å². The van der Waals surface area contributed by atoms with Gasteiger partial charge in [0.15, 0.2) is 29.0 Å². The first-order valence-electron chi connectivity index (χ1n) is 36.5. The van der Waals surface area contributed by atoms with Crippen LogP contribution in [0.5, 0.6) is 0 Å². The Kier molecular flexibility index (Phi) is 44.3. The Morgan fingerprint density at radius 2 is 0.800 bits per heavy atom. The van der Waals surface area contributed by atoms with Crippen molar-refractivity contribution < 1.29 is 110 Å². The van der Waals surface area contributed by atoms with Crippen molar-refractivity contribution in [1.29, 1.82) is 0 Å². The summed E-state index contributed by atoms with van der Waals surface area (Å²) in [6, 6.07) is 100.